The van der Waals surface area contributed by atoms with Crippen LogP contribution in [0.25, 0.3) is 0 Å². The molecular weight excluding hydrogens is 204 g/mol. The van der Waals surface area contributed by atoms with Gasteiger partial charge in [0.05, 0.1) is 19.8 Å². The molecular formula is C13H18O3. The van der Waals surface area contributed by atoms with Gasteiger partial charge in [-0.15, -0.1) is 0 Å². The summed E-state index contributed by atoms with van der Waals surface area (Å²) >= 11 is 0. The van der Waals surface area contributed by atoms with Crippen molar-refractivity contribution in [2.24, 2.45) is 0 Å². The van der Waals surface area contributed by atoms with Crippen LogP contribution < -0.4 is 9.47 Å². The molecule has 0 N–H and O–H groups in total. The quantitative estimate of drug-likeness (QED) is 0.718. The predicted octanol–water partition coefficient (Wildman–Crippen LogP) is 3.03. The van der Waals surface area contributed by atoms with Crippen molar-refractivity contribution in [1.82, 2.24) is 0 Å². The second kappa shape index (κ2) is 5.54. The highest BCUT2D eigenvalue weighted by molar-refractivity contribution is 5.80. The Balaban J connectivity index is 3.31. The van der Waals surface area contributed by atoms with Gasteiger partial charge in [0.2, 0.25) is 0 Å². The Morgan fingerprint density at radius 3 is 2.31 bits per heavy atom. The highest BCUT2D eigenvalue weighted by Crippen LogP contribution is 2.34. The van der Waals surface area contributed by atoms with Crippen LogP contribution in [0.4, 0.5) is 0 Å². The molecule has 1 atom stereocenters. The average Bonchev–Trinajstić information content (AvgIpc) is 2.35. The van der Waals surface area contributed by atoms with Crippen molar-refractivity contribution in [1.29, 1.82) is 0 Å². The van der Waals surface area contributed by atoms with Crippen molar-refractivity contribution in [2.75, 3.05) is 14.2 Å². The number of hydrogen-bond donors (Lipinski definition) is 0. The third-order valence-corrected chi connectivity index (χ3v) is 2.85. The minimum atomic E-state index is 0.379. The molecule has 3 nitrogen and oxygen atoms in total. The summed E-state index contributed by atoms with van der Waals surface area (Å²) in [5.41, 5.74) is 1.60. The summed E-state index contributed by atoms with van der Waals surface area (Å²) in [6.07, 6.45) is 1.79. The van der Waals surface area contributed by atoms with Gasteiger partial charge in [0.1, 0.15) is 11.5 Å². The van der Waals surface area contributed by atoms with Crippen LogP contribution in [0.15, 0.2) is 12.1 Å². The van der Waals surface area contributed by atoms with Gasteiger partial charge in [-0.1, -0.05) is 13.8 Å². The molecule has 0 spiro atoms. The Hall–Kier alpha value is -1.51. The van der Waals surface area contributed by atoms with Crippen molar-refractivity contribution >= 4 is 6.29 Å². The van der Waals surface area contributed by atoms with E-state index in [2.05, 4.69) is 13.8 Å². The summed E-state index contributed by atoms with van der Waals surface area (Å²) in [5, 5.41) is 0. The van der Waals surface area contributed by atoms with Crippen molar-refractivity contribution in [2.45, 2.75) is 26.2 Å². The van der Waals surface area contributed by atoms with Crippen LogP contribution in [0.3, 0.4) is 0 Å². The van der Waals surface area contributed by atoms with E-state index in [1.165, 1.54) is 0 Å². The van der Waals surface area contributed by atoms with Gasteiger partial charge in [-0.25, -0.2) is 0 Å². The van der Waals surface area contributed by atoms with Crippen LogP contribution in [0.1, 0.15) is 42.1 Å². The van der Waals surface area contributed by atoms with Crippen molar-refractivity contribution in [3.63, 3.8) is 0 Å². The number of carbonyl (C=O) groups excluding carboxylic acids is 1. The minimum Gasteiger partial charge on any atom is -0.496 e. The van der Waals surface area contributed by atoms with Crippen LogP contribution in [-0.2, 0) is 0 Å². The number of benzene rings is 1. The molecule has 0 aromatic heterocycles. The zero-order valence-electron chi connectivity index (χ0n) is 10.2. The Kier molecular flexibility index (Phi) is 4.35. The first-order valence-corrected chi connectivity index (χ1v) is 5.39. The first kappa shape index (κ1) is 12.6. The van der Waals surface area contributed by atoms with E-state index >= 15 is 0 Å². The molecule has 1 aromatic carbocycles. The number of carbonyl (C=O) groups is 1. The monoisotopic (exact) mass is 222 g/mol. The molecule has 0 radical (unpaired) electrons. The number of aldehydes is 1. The van der Waals surface area contributed by atoms with Crippen molar-refractivity contribution in [3.05, 3.63) is 23.3 Å². The zero-order valence-corrected chi connectivity index (χ0v) is 10.2. The Morgan fingerprint density at radius 1 is 1.25 bits per heavy atom. The first-order valence-electron chi connectivity index (χ1n) is 5.39. The SMILES string of the molecule is CCC(C)c1cc(OC)c(C=O)cc1OC. The van der Waals surface area contributed by atoms with E-state index < -0.39 is 0 Å². The number of ether oxygens (including phenoxy) is 2. The van der Waals surface area contributed by atoms with Gasteiger partial charge in [-0.2, -0.15) is 0 Å². The van der Waals surface area contributed by atoms with E-state index in [-0.39, 0.29) is 0 Å². The lowest BCUT2D eigenvalue weighted by molar-refractivity contribution is 0.112. The molecule has 1 aromatic rings. The molecule has 0 aliphatic carbocycles. The predicted molar refractivity (Wildman–Crippen MR) is 63.6 cm³/mol. The van der Waals surface area contributed by atoms with Crippen LogP contribution in [-0.4, -0.2) is 20.5 Å². The summed E-state index contributed by atoms with van der Waals surface area (Å²) in [6.45, 7) is 4.24. The molecule has 0 saturated heterocycles. The first-order chi connectivity index (χ1) is 7.67. The second-order valence-electron chi connectivity index (χ2n) is 3.76. The van der Waals surface area contributed by atoms with Gasteiger partial charge >= 0.3 is 0 Å². The van der Waals surface area contributed by atoms with Crippen molar-refractivity contribution < 1.29 is 14.3 Å². The van der Waals surface area contributed by atoms with Crippen molar-refractivity contribution in [3.8, 4) is 11.5 Å². The molecule has 88 valence electrons. The molecule has 1 unspecified atom stereocenters. The summed E-state index contributed by atoms with van der Waals surface area (Å²) in [5.74, 6) is 1.73. The number of rotatable bonds is 5. The van der Waals surface area contributed by atoms with Gasteiger partial charge in [-0.05, 0) is 24.5 Å². The molecule has 0 fully saturated rings. The van der Waals surface area contributed by atoms with Crippen LogP contribution >= 0.6 is 0 Å². The van der Waals surface area contributed by atoms with Crippen LogP contribution in [0, 0.1) is 0 Å². The van der Waals surface area contributed by atoms with E-state index in [9.17, 15) is 4.79 Å². The normalized spacial score (nSPS) is 12.0. The van der Waals surface area contributed by atoms with Crippen LogP contribution in [0.2, 0.25) is 0 Å². The fourth-order valence-corrected chi connectivity index (χ4v) is 1.64. The van der Waals surface area contributed by atoms with Gasteiger partial charge in [0.25, 0.3) is 0 Å². The van der Waals surface area contributed by atoms with Crippen LogP contribution in [0.5, 0.6) is 11.5 Å². The summed E-state index contributed by atoms with van der Waals surface area (Å²) < 4.78 is 10.5. The van der Waals surface area contributed by atoms with Gasteiger partial charge in [-0.3, -0.25) is 4.79 Å². The summed E-state index contributed by atoms with van der Waals surface area (Å²) in [6, 6.07) is 3.62. The largest absolute Gasteiger partial charge is 0.496 e. The summed E-state index contributed by atoms with van der Waals surface area (Å²) in [4.78, 5) is 10.9. The molecule has 0 amide bonds. The lowest BCUT2D eigenvalue weighted by Gasteiger charge is -2.16. The highest BCUT2D eigenvalue weighted by atomic mass is 16.5. The molecule has 3 heteroatoms. The topological polar surface area (TPSA) is 35.5 Å². The van der Waals surface area contributed by atoms with E-state index in [1.54, 1.807) is 20.3 Å². The molecule has 0 aliphatic rings. The highest BCUT2D eigenvalue weighted by Gasteiger charge is 2.14. The lowest BCUT2D eigenvalue weighted by Crippen LogP contribution is -2.00. The maximum Gasteiger partial charge on any atom is 0.153 e. The van der Waals surface area contributed by atoms with E-state index in [1.807, 2.05) is 6.07 Å². The molecule has 0 bridgehead atoms. The fourth-order valence-electron chi connectivity index (χ4n) is 1.64. The Bertz CT molecular complexity index is 372. The lowest BCUT2D eigenvalue weighted by atomic mass is 9.96. The standard InChI is InChI=1S/C13H18O3/c1-5-9(2)11-7-12(15-3)10(8-14)6-13(11)16-4/h6-9H,5H2,1-4H3. The third-order valence-electron chi connectivity index (χ3n) is 2.85. The Labute approximate surface area is 96.4 Å². The molecule has 0 heterocycles. The third kappa shape index (κ3) is 2.35. The number of methoxy groups -OCH3 is 2. The smallest absolute Gasteiger partial charge is 0.153 e. The van der Waals surface area contributed by atoms with E-state index in [0.29, 0.717) is 17.2 Å². The van der Waals surface area contributed by atoms with E-state index in [4.69, 9.17) is 9.47 Å². The van der Waals surface area contributed by atoms with Gasteiger partial charge in [0.15, 0.2) is 6.29 Å². The molecule has 0 saturated carbocycles. The number of hydrogen-bond acceptors (Lipinski definition) is 3. The average molecular weight is 222 g/mol. The molecule has 0 aliphatic heterocycles. The summed E-state index contributed by atoms with van der Waals surface area (Å²) in [7, 11) is 3.18. The maximum absolute atomic E-state index is 10.9. The van der Waals surface area contributed by atoms with Gasteiger partial charge in [0, 0.05) is 5.56 Å². The van der Waals surface area contributed by atoms with E-state index in [0.717, 1.165) is 24.0 Å². The Morgan fingerprint density at radius 2 is 1.88 bits per heavy atom. The second-order valence-corrected chi connectivity index (χ2v) is 3.76. The van der Waals surface area contributed by atoms with Gasteiger partial charge < -0.3 is 9.47 Å². The molecule has 16 heavy (non-hydrogen) atoms. The minimum absolute atomic E-state index is 0.379. The maximum atomic E-state index is 10.9. The zero-order chi connectivity index (χ0) is 12.1. The fraction of sp³-hybridized carbons (Fsp3) is 0.462. The molecule has 1 rings (SSSR count).